The van der Waals surface area contributed by atoms with Crippen LogP contribution in [-0.2, 0) is 4.79 Å². The molecule has 23 heavy (non-hydrogen) atoms. The van der Waals surface area contributed by atoms with Crippen molar-refractivity contribution in [1.82, 2.24) is 0 Å². The third-order valence-corrected chi connectivity index (χ3v) is 2.88. The standard InChI is InChI=1S/C17H16N2O4/c1-3-5-9-12(4-2)17(21)15(19(22)23)14(18)16(20)13-10-7-6-8-11-13/h3-11H,2,18H2,1H3/b5-3-,12-9+,15-14?. The summed E-state index contributed by atoms with van der Waals surface area (Å²) < 4.78 is 0. The Kier molecular flexibility index (Phi) is 6.36. The Morgan fingerprint density at radius 1 is 1.26 bits per heavy atom. The maximum absolute atomic E-state index is 12.3. The van der Waals surface area contributed by atoms with E-state index in [4.69, 9.17) is 5.73 Å². The average molecular weight is 312 g/mol. The molecule has 1 aromatic carbocycles. The van der Waals surface area contributed by atoms with E-state index in [0.29, 0.717) is 0 Å². The van der Waals surface area contributed by atoms with Gasteiger partial charge in [0.1, 0.15) is 0 Å². The lowest BCUT2D eigenvalue weighted by molar-refractivity contribution is -0.419. The van der Waals surface area contributed by atoms with Gasteiger partial charge in [-0.15, -0.1) is 0 Å². The zero-order chi connectivity index (χ0) is 17.4. The molecule has 0 bridgehead atoms. The molecule has 2 N–H and O–H groups in total. The molecule has 0 spiro atoms. The van der Waals surface area contributed by atoms with Gasteiger partial charge in [-0.2, -0.15) is 0 Å². The van der Waals surface area contributed by atoms with Crippen molar-refractivity contribution >= 4 is 11.6 Å². The first-order chi connectivity index (χ1) is 10.9. The second-order valence-corrected chi connectivity index (χ2v) is 4.40. The third-order valence-electron chi connectivity index (χ3n) is 2.88. The van der Waals surface area contributed by atoms with Crippen molar-refractivity contribution in [2.75, 3.05) is 0 Å². The lowest BCUT2D eigenvalue weighted by Gasteiger charge is -2.04. The second-order valence-electron chi connectivity index (χ2n) is 4.40. The second kappa shape index (κ2) is 8.23. The minimum absolute atomic E-state index is 0.0291. The predicted octanol–water partition coefficient (Wildman–Crippen LogP) is 2.57. The van der Waals surface area contributed by atoms with E-state index in [1.165, 1.54) is 30.4 Å². The van der Waals surface area contributed by atoms with E-state index in [-0.39, 0.29) is 11.1 Å². The lowest BCUT2D eigenvalue weighted by atomic mass is 10.0. The molecule has 0 aliphatic rings. The van der Waals surface area contributed by atoms with E-state index in [2.05, 4.69) is 6.58 Å². The summed E-state index contributed by atoms with van der Waals surface area (Å²) >= 11 is 0. The quantitative estimate of drug-likeness (QED) is 0.274. The highest BCUT2D eigenvalue weighted by Crippen LogP contribution is 2.14. The molecule has 0 aromatic heterocycles. The van der Waals surface area contributed by atoms with Crippen molar-refractivity contribution in [2.45, 2.75) is 6.92 Å². The van der Waals surface area contributed by atoms with E-state index in [1.807, 2.05) is 0 Å². The summed E-state index contributed by atoms with van der Waals surface area (Å²) in [6.07, 6.45) is 5.71. The molecule has 6 heteroatoms. The van der Waals surface area contributed by atoms with Crippen LogP contribution < -0.4 is 5.73 Å². The molecule has 1 aromatic rings. The predicted molar refractivity (Wildman–Crippen MR) is 87.1 cm³/mol. The van der Waals surface area contributed by atoms with Crippen molar-refractivity contribution in [1.29, 1.82) is 0 Å². The molecule has 118 valence electrons. The topological polar surface area (TPSA) is 103 Å². The molecule has 0 heterocycles. The zero-order valence-electron chi connectivity index (χ0n) is 12.6. The first-order valence-corrected chi connectivity index (χ1v) is 6.68. The van der Waals surface area contributed by atoms with Crippen molar-refractivity contribution in [2.24, 2.45) is 5.73 Å². The van der Waals surface area contributed by atoms with Gasteiger partial charge in [0.15, 0.2) is 5.70 Å². The first-order valence-electron chi connectivity index (χ1n) is 6.68. The number of nitrogens with zero attached hydrogens (tertiary/aromatic N) is 1. The highest BCUT2D eigenvalue weighted by molar-refractivity contribution is 6.16. The van der Waals surface area contributed by atoms with Crippen LogP contribution >= 0.6 is 0 Å². The fraction of sp³-hybridized carbons (Fsp3) is 0.0588. The van der Waals surface area contributed by atoms with E-state index >= 15 is 0 Å². The number of nitrogens with two attached hydrogens (primary N) is 1. The minimum atomic E-state index is -0.968. The summed E-state index contributed by atoms with van der Waals surface area (Å²) in [5, 5.41) is 11.2. The molecule has 0 aliphatic carbocycles. The summed E-state index contributed by atoms with van der Waals surface area (Å²) in [6.45, 7) is 5.17. The van der Waals surface area contributed by atoms with Gasteiger partial charge in [0.05, 0.1) is 4.92 Å². The summed E-state index contributed by atoms with van der Waals surface area (Å²) in [5.74, 6) is -1.75. The molecular formula is C17H16N2O4. The van der Waals surface area contributed by atoms with Crippen LogP contribution in [0.5, 0.6) is 0 Å². The molecule has 0 fully saturated rings. The van der Waals surface area contributed by atoms with Crippen LogP contribution in [0.1, 0.15) is 17.3 Å². The van der Waals surface area contributed by atoms with E-state index < -0.39 is 27.9 Å². The van der Waals surface area contributed by atoms with Gasteiger partial charge in [-0.05, 0) is 6.92 Å². The van der Waals surface area contributed by atoms with Gasteiger partial charge in [-0.3, -0.25) is 19.7 Å². The fourth-order valence-electron chi connectivity index (χ4n) is 1.73. The number of hydrogen-bond acceptors (Lipinski definition) is 5. The number of allylic oxidation sites excluding steroid dienone is 6. The molecule has 0 unspecified atom stereocenters. The molecule has 0 saturated carbocycles. The SMILES string of the molecule is C=C/C(=C\C=C/C)C(=O)C(=C(N)C(=O)c1ccccc1)[N+](=O)[O-]. The fourth-order valence-corrected chi connectivity index (χ4v) is 1.73. The number of Topliss-reactive ketones (excluding diaryl/α,β-unsaturated/α-hetero) is 2. The van der Waals surface area contributed by atoms with Gasteiger partial charge >= 0.3 is 5.70 Å². The highest BCUT2D eigenvalue weighted by Gasteiger charge is 2.31. The van der Waals surface area contributed by atoms with Crippen LogP contribution in [0.15, 0.2) is 78.2 Å². The monoisotopic (exact) mass is 312 g/mol. The van der Waals surface area contributed by atoms with Gasteiger partial charge in [0, 0.05) is 11.1 Å². The Hall–Kier alpha value is -3.28. The van der Waals surface area contributed by atoms with Crippen molar-refractivity contribution in [3.63, 3.8) is 0 Å². The number of nitro groups is 1. The molecule has 0 amide bonds. The Morgan fingerprint density at radius 2 is 1.87 bits per heavy atom. The molecule has 0 saturated heterocycles. The summed E-state index contributed by atoms with van der Waals surface area (Å²) in [5.41, 5.74) is 4.07. The average Bonchev–Trinajstić information content (AvgIpc) is 2.55. The van der Waals surface area contributed by atoms with Gasteiger partial charge < -0.3 is 5.73 Å². The van der Waals surface area contributed by atoms with Crippen molar-refractivity contribution in [3.05, 3.63) is 93.9 Å². The number of hydrogen-bond donors (Lipinski definition) is 1. The maximum atomic E-state index is 12.3. The van der Waals surface area contributed by atoms with Crippen LogP contribution in [0.4, 0.5) is 0 Å². The highest BCUT2D eigenvalue weighted by atomic mass is 16.6. The van der Waals surface area contributed by atoms with Gasteiger partial charge in [-0.25, -0.2) is 0 Å². The summed E-state index contributed by atoms with van der Waals surface area (Å²) in [6, 6.07) is 7.79. The van der Waals surface area contributed by atoms with Crippen LogP contribution in [0.25, 0.3) is 0 Å². The number of benzene rings is 1. The Labute approximate surface area is 133 Å². The number of rotatable bonds is 7. The van der Waals surface area contributed by atoms with E-state index in [1.54, 1.807) is 31.2 Å². The van der Waals surface area contributed by atoms with Gasteiger partial charge in [0.2, 0.25) is 5.78 Å². The first kappa shape index (κ1) is 17.8. The number of carbonyl (C=O) groups excluding carboxylic acids is 2. The van der Waals surface area contributed by atoms with Crippen LogP contribution in [0.3, 0.4) is 0 Å². The Balaban J connectivity index is 3.39. The summed E-state index contributed by atoms with van der Waals surface area (Å²) in [7, 11) is 0. The van der Waals surface area contributed by atoms with Crippen molar-refractivity contribution < 1.29 is 14.5 Å². The molecule has 1 rings (SSSR count). The van der Waals surface area contributed by atoms with Crippen LogP contribution in [0.2, 0.25) is 0 Å². The smallest absolute Gasteiger partial charge is 0.343 e. The molecule has 0 radical (unpaired) electrons. The van der Waals surface area contributed by atoms with E-state index in [9.17, 15) is 19.7 Å². The Bertz CT molecular complexity index is 728. The zero-order valence-corrected chi connectivity index (χ0v) is 12.6. The lowest BCUT2D eigenvalue weighted by Crippen LogP contribution is -2.24. The largest absolute Gasteiger partial charge is 0.390 e. The summed E-state index contributed by atoms with van der Waals surface area (Å²) in [4.78, 5) is 34.8. The Morgan fingerprint density at radius 3 is 2.35 bits per heavy atom. The maximum Gasteiger partial charge on any atom is 0.343 e. The van der Waals surface area contributed by atoms with Gasteiger partial charge in [0.25, 0.3) is 5.78 Å². The molecule has 6 nitrogen and oxygen atoms in total. The number of ketones is 2. The van der Waals surface area contributed by atoms with Crippen molar-refractivity contribution in [3.8, 4) is 0 Å². The van der Waals surface area contributed by atoms with Gasteiger partial charge in [-0.1, -0.05) is 61.2 Å². The minimum Gasteiger partial charge on any atom is -0.390 e. The normalized spacial score (nSPS) is 12.7. The molecule has 0 aliphatic heterocycles. The van der Waals surface area contributed by atoms with Crippen LogP contribution in [0, 0.1) is 10.1 Å². The molecular weight excluding hydrogens is 296 g/mol. The third kappa shape index (κ3) is 4.34. The number of carbonyl (C=O) groups is 2. The van der Waals surface area contributed by atoms with E-state index in [0.717, 1.165) is 0 Å². The molecule has 0 atom stereocenters. The van der Waals surface area contributed by atoms with Crippen LogP contribution in [-0.4, -0.2) is 16.5 Å².